The number of aryl methyl sites for hydroxylation is 1. The van der Waals surface area contributed by atoms with E-state index in [0.29, 0.717) is 41.8 Å². The first-order valence-corrected chi connectivity index (χ1v) is 23.8. The van der Waals surface area contributed by atoms with Crippen molar-refractivity contribution in [3.05, 3.63) is 120 Å². The highest BCUT2D eigenvalue weighted by molar-refractivity contribution is 7.13. The summed E-state index contributed by atoms with van der Waals surface area (Å²) >= 11 is 1.57. The normalized spacial score (nSPS) is 16.2. The minimum atomic E-state index is -0.922. The third kappa shape index (κ3) is 11.8. The van der Waals surface area contributed by atoms with Crippen molar-refractivity contribution in [3.8, 4) is 38.6 Å². The fourth-order valence-electron chi connectivity index (χ4n) is 8.45. The Hall–Kier alpha value is -6.98. The Morgan fingerprint density at radius 1 is 0.882 bits per heavy atom. The number of carbonyl (C=O) groups excluding carboxylic acids is 4. The van der Waals surface area contributed by atoms with Crippen LogP contribution in [0, 0.1) is 12.3 Å². The molecule has 0 radical (unpaired) electrons. The van der Waals surface area contributed by atoms with Crippen LogP contribution >= 0.6 is 11.3 Å². The molecule has 68 heavy (non-hydrogen) atoms. The standard InChI is InChI=1S/C51H60N10O6S/c1-31(33-20-22-35(23-21-33)45-32(2)54-30-68-45)56-48(65)41-25-37(62)29-60(41)50(67)46(51(3,4)5)57-43(64)19-11-6-7-14-24-53-49(66)44(34-15-9-8-10-16-34)61-28-36(27-55-61)39-26-40(58-59-47(39)52)38-17-12-13-18-42(38)63/h8-10,12-13,15-18,20-23,26-28,30-31,37,41,44,46,62-63H,6-7,11,14,19,24-25,29H2,1-5H3,(H2,52,59)(H,53,66)(H,56,65)(H,57,64)/t31-,37+,41-,44?,46+/m0/s1. The highest BCUT2D eigenvalue weighted by atomic mass is 32.1. The monoisotopic (exact) mass is 940 g/mol. The van der Waals surface area contributed by atoms with Gasteiger partial charge in [0.15, 0.2) is 11.9 Å². The van der Waals surface area contributed by atoms with Crippen molar-refractivity contribution in [2.75, 3.05) is 18.8 Å². The summed E-state index contributed by atoms with van der Waals surface area (Å²) in [4.78, 5) is 61.8. The summed E-state index contributed by atoms with van der Waals surface area (Å²) in [6.45, 7) is 9.83. The number of unbranched alkanes of at least 4 members (excludes halogenated alkanes) is 3. The fourth-order valence-corrected chi connectivity index (χ4v) is 9.26. The minimum absolute atomic E-state index is 0.0105. The average molecular weight is 941 g/mol. The summed E-state index contributed by atoms with van der Waals surface area (Å²) in [5.41, 5.74) is 13.1. The van der Waals surface area contributed by atoms with Crippen molar-refractivity contribution in [3.63, 3.8) is 0 Å². The minimum Gasteiger partial charge on any atom is -0.507 e. The highest BCUT2D eigenvalue weighted by Gasteiger charge is 2.44. The quantitative estimate of drug-likeness (QED) is 0.0494. The molecule has 356 valence electrons. The molecule has 7 rings (SSSR count). The lowest BCUT2D eigenvalue weighted by atomic mass is 9.85. The van der Waals surface area contributed by atoms with Gasteiger partial charge in [0.25, 0.3) is 0 Å². The van der Waals surface area contributed by atoms with E-state index in [2.05, 4.69) is 36.2 Å². The van der Waals surface area contributed by atoms with Gasteiger partial charge in [0.1, 0.15) is 17.8 Å². The van der Waals surface area contributed by atoms with Gasteiger partial charge in [-0.25, -0.2) is 4.98 Å². The predicted octanol–water partition coefficient (Wildman–Crippen LogP) is 6.75. The summed E-state index contributed by atoms with van der Waals surface area (Å²) < 4.78 is 1.58. The number of amides is 4. The number of thiazole rings is 1. The van der Waals surface area contributed by atoms with Gasteiger partial charge < -0.3 is 36.8 Å². The number of likely N-dealkylation sites (tertiary alicyclic amines) is 1. The van der Waals surface area contributed by atoms with Gasteiger partial charge in [-0.3, -0.25) is 23.9 Å². The molecular formula is C51H60N10O6S. The molecule has 3 aromatic carbocycles. The van der Waals surface area contributed by atoms with Crippen LogP contribution in [-0.2, 0) is 19.2 Å². The summed E-state index contributed by atoms with van der Waals surface area (Å²) in [5, 5.41) is 43.0. The number of nitrogens with one attached hydrogen (secondary N) is 3. The number of para-hydroxylation sites is 1. The van der Waals surface area contributed by atoms with E-state index in [1.54, 1.807) is 58.7 Å². The summed E-state index contributed by atoms with van der Waals surface area (Å²) in [6.07, 6.45) is 5.48. The Bertz CT molecular complexity index is 2700. The van der Waals surface area contributed by atoms with Crippen LogP contribution in [0.2, 0.25) is 0 Å². The van der Waals surface area contributed by atoms with Crippen LogP contribution in [0.4, 0.5) is 5.82 Å². The van der Waals surface area contributed by atoms with Gasteiger partial charge in [-0.1, -0.05) is 100 Å². The van der Waals surface area contributed by atoms with Crippen molar-refractivity contribution in [2.24, 2.45) is 5.41 Å². The molecule has 16 nitrogen and oxygen atoms in total. The van der Waals surface area contributed by atoms with Gasteiger partial charge in [-0.15, -0.1) is 21.5 Å². The van der Waals surface area contributed by atoms with Gasteiger partial charge in [0.2, 0.25) is 23.6 Å². The topological polar surface area (TPSA) is 231 Å². The number of hydrogen-bond acceptors (Lipinski definition) is 12. The second kappa shape index (κ2) is 21.8. The summed E-state index contributed by atoms with van der Waals surface area (Å²) in [7, 11) is 0. The van der Waals surface area contributed by atoms with Crippen molar-refractivity contribution < 1.29 is 29.4 Å². The molecule has 6 aromatic rings. The summed E-state index contributed by atoms with van der Waals surface area (Å²) in [5.74, 6) is -1.06. The van der Waals surface area contributed by atoms with E-state index >= 15 is 0 Å². The molecule has 3 aromatic heterocycles. The first-order chi connectivity index (χ1) is 32.6. The van der Waals surface area contributed by atoms with E-state index in [0.717, 1.165) is 40.1 Å². The Balaban J connectivity index is 0.889. The zero-order valence-electron chi connectivity index (χ0n) is 39.1. The maximum Gasteiger partial charge on any atom is 0.249 e. The molecule has 5 atom stereocenters. The van der Waals surface area contributed by atoms with Gasteiger partial charge in [0, 0.05) is 48.8 Å². The van der Waals surface area contributed by atoms with E-state index in [1.807, 2.05) is 94.7 Å². The molecular weight excluding hydrogens is 881 g/mol. The number of hydrogen-bond donors (Lipinski definition) is 6. The number of nitrogens with zero attached hydrogens (tertiary/aromatic N) is 6. The number of phenols is 1. The van der Waals surface area contributed by atoms with Crippen LogP contribution in [0.3, 0.4) is 0 Å². The third-order valence-electron chi connectivity index (χ3n) is 12.2. The number of aliphatic hydroxyl groups excluding tert-OH is 1. The smallest absolute Gasteiger partial charge is 0.249 e. The SMILES string of the molecule is Cc1ncsc1-c1ccc([C@H](C)NC(=O)[C@@H]2C[C@@H](O)CN2C(=O)[C@@H](NC(=O)CCCCCCNC(=O)C(c2ccccc2)n2cc(-c3cc(-c4ccccc4O)nnc3N)cn2)C(C)(C)C)cc1. The van der Waals surface area contributed by atoms with E-state index in [-0.39, 0.29) is 54.7 Å². The van der Waals surface area contributed by atoms with E-state index in [4.69, 9.17) is 5.73 Å². The predicted molar refractivity (Wildman–Crippen MR) is 262 cm³/mol. The third-order valence-corrected chi connectivity index (χ3v) is 13.2. The molecule has 1 unspecified atom stereocenters. The molecule has 1 saturated heterocycles. The number of benzene rings is 3. The van der Waals surface area contributed by atoms with Gasteiger partial charge >= 0.3 is 0 Å². The van der Waals surface area contributed by atoms with Crippen molar-refractivity contribution >= 4 is 40.8 Å². The molecule has 0 bridgehead atoms. The molecule has 4 amide bonds. The van der Waals surface area contributed by atoms with Crippen molar-refractivity contribution in [2.45, 2.75) is 103 Å². The first kappa shape index (κ1) is 48.9. The van der Waals surface area contributed by atoms with E-state index < -0.39 is 35.6 Å². The average Bonchev–Trinajstić information content (AvgIpc) is 4.08. The van der Waals surface area contributed by atoms with E-state index in [1.165, 1.54) is 4.90 Å². The number of β-amino-alcohol motifs (C(OH)–C–C–N with tert-alkyl or cyclic N) is 1. The largest absolute Gasteiger partial charge is 0.507 e. The van der Waals surface area contributed by atoms with Crippen LogP contribution in [0.15, 0.2) is 103 Å². The fraction of sp³-hybridized carbons (Fsp3) is 0.373. The van der Waals surface area contributed by atoms with Crippen LogP contribution in [-0.4, -0.2) is 95.0 Å². The number of aromatic nitrogens is 5. The number of aliphatic hydroxyl groups is 1. The lowest BCUT2D eigenvalue weighted by Gasteiger charge is -2.35. The number of anilines is 1. The van der Waals surface area contributed by atoms with Gasteiger partial charge in [-0.05, 0) is 67.0 Å². The molecule has 1 aliphatic rings. The molecule has 1 fully saturated rings. The first-order valence-electron chi connectivity index (χ1n) is 23.0. The summed E-state index contributed by atoms with van der Waals surface area (Å²) in [6, 6.07) is 22.9. The van der Waals surface area contributed by atoms with Gasteiger partial charge in [0.05, 0.1) is 40.1 Å². The molecule has 1 aliphatic heterocycles. The lowest BCUT2D eigenvalue weighted by Crippen LogP contribution is -2.57. The molecule has 0 saturated carbocycles. The van der Waals surface area contributed by atoms with Gasteiger partial charge in [-0.2, -0.15) is 5.10 Å². The Morgan fingerprint density at radius 3 is 2.31 bits per heavy atom. The molecule has 4 heterocycles. The Morgan fingerprint density at radius 2 is 1.60 bits per heavy atom. The lowest BCUT2D eigenvalue weighted by molar-refractivity contribution is -0.144. The number of aromatic hydroxyl groups is 1. The zero-order valence-corrected chi connectivity index (χ0v) is 39.9. The Kier molecular flexibility index (Phi) is 15.7. The molecule has 0 aliphatic carbocycles. The molecule has 17 heteroatoms. The number of nitrogen functional groups attached to an aromatic ring is 1. The van der Waals surface area contributed by atoms with E-state index in [9.17, 15) is 29.4 Å². The number of carbonyl (C=O) groups is 4. The second-order valence-corrected chi connectivity index (χ2v) is 19.3. The van der Waals surface area contributed by atoms with Crippen LogP contribution in [0.25, 0.3) is 32.8 Å². The Labute approximate surface area is 400 Å². The number of rotatable bonds is 18. The second-order valence-electron chi connectivity index (χ2n) is 18.4. The molecule has 7 N–H and O–H groups in total. The van der Waals surface area contributed by atoms with Crippen LogP contribution < -0.4 is 21.7 Å². The van der Waals surface area contributed by atoms with Crippen LogP contribution in [0.5, 0.6) is 5.75 Å². The number of phenolic OH excluding ortho intramolecular Hbond substituents is 1. The zero-order chi connectivity index (χ0) is 48.5. The van der Waals surface area contributed by atoms with Crippen molar-refractivity contribution in [1.82, 2.24) is 45.8 Å². The number of nitrogens with two attached hydrogens (primary N) is 1. The maximum atomic E-state index is 14.2. The highest BCUT2D eigenvalue weighted by Crippen LogP contribution is 2.34. The van der Waals surface area contributed by atoms with Crippen molar-refractivity contribution in [1.29, 1.82) is 0 Å². The maximum absolute atomic E-state index is 14.2. The molecule has 0 spiro atoms. The van der Waals surface area contributed by atoms with Crippen LogP contribution in [0.1, 0.15) is 95.1 Å².